The number of fused-ring (bicyclic) bond motifs is 1. The zero-order chi connectivity index (χ0) is 13.1. The van der Waals surface area contributed by atoms with Gasteiger partial charge in [0, 0.05) is 17.7 Å². The maximum atomic E-state index is 12.1. The highest BCUT2D eigenvalue weighted by Gasteiger charge is 2.18. The summed E-state index contributed by atoms with van der Waals surface area (Å²) >= 11 is 3.38. The van der Waals surface area contributed by atoms with Gasteiger partial charge >= 0.3 is 0 Å². The molecule has 1 aromatic carbocycles. The smallest absolute Gasteiger partial charge is 0.224 e. The molecule has 1 aliphatic rings. The minimum Gasteiger partial charge on any atom is -0.326 e. The van der Waals surface area contributed by atoms with Crippen molar-refractivity contribution in [1.29, 1.82) is 0 Å². The number of carbonyl (C=O) groups is 2. The Balaban J connectivity index is 2.29. The summed E-state index contributed by atoms with van der Waals surface area (Å²) in [6.07, 6.45) is 3.00. The van der Waals surface area contributed by atoms with Crippen molar-refractivity contribution >= 4 is 33.3 Å². The molecule has 0 saturated heterocycles. The van der Waals surface area contributed by atoms with Gasteiger partial charge in [-0.25, -0.2) is 0 Å². The molecule has 0 fully saturated rings. The molecule has 1 heterocycles. The number of nitrogens with one attached hydrogen (secondary N) is 1. The molecule has 1 aromatic rings. The van der Waals surface area contributed by atoms with E-state index < -0.39 is 0 Å². The van der Waals surface area contributed by atoms with Gasteiger partial charge in [-0.1, -0.05) is 22.9 Å². The molecule has 0 radical (unpaired) electrons. The second kappa shape index (κ2) is 5.65. The SMILES string of the molecule is CCC(Br)C(=O)c1ccc2c(c1)CCCC(=O)N2. The first-order valence-electron chi connectivity index (χ1n) is 6.23. The third-order valence-electron chi connectivity index (χ3n) is 3.16. The van der Waals surface area contributed by atoms with Crippen LogP contribution in [0.15, 0.2) is 18.2 Å². The Bertz CT molecular complexity index is 485. The molecular weight excluding hydrogens is 294 g/mol. The molecular formula is C14H16BrNO2. The van der Waals surface area contributed by atoms with Crippen molar-refractivity contribution in [2.45, 2.75) is 37.4 Å². The fourth-order valence-corrected chi connectivity index (χ4v) is 2.36. The summed E-state index contributed by atoms with van der Waals surface area (Å²) in [5.41, 5.74) is 2.62. The van der Waals surface area contributed by atoms with Crippen LogP contribution in [0.3, 0.4) is 0 Å². The topological polar surface area (TPSA) is 46.2 Å². The van der Waals surface area contributed by atoms with Gasteiger partial charge < -0.3 is 5.32 Å². The van der Waals surface area contributed by atoms with E-state index in [1.54, 1.807) is 6.07 Å². The second-order valence-corrected chi connectivity index (χ2v) is 5.62. The first-order valence-corrected chi connectivity index (χ1v) is 7.14. The van der Waals surface area contributed by atoms with Crippen LogP contribution in [0.1, 0.15) is 42.1 Å². The zero-order valence-electron chi connectivity index (χ0n) is 10.3. The van der Waals surface area contributed by atoms with Gasteiger partial charge in [-0.2, -0.15) is 0 Å². The van der Waals surface area contributed by atoms with E-state index in [0.717, 1.165) is 30.5 Å². The van der Waals surface area contributed by atoms with Crippen LogP contribution in [0.25, 0.3) is 0 Å². The Morgan fingerprint density at radius 1 is 1.44 bits per heavy atom. The van der Waals surface area contributed by atoms with E-state index >= 15 is 0 Å². The summed E-state index contributed by atoms with van der Waals surface area (Å²) < 4.78 is 0. The van der Waals surface area contributed by atoms with E-state index in [1.807, 2.05) is 19.1 Å². The number of aryl methyl sites for hydroxylation is 1. The number of carbonyl (C=O) groups excluding carboxylic acids is 2. The molecule has 2 rings (SSSR count). The molecule has 4 heteroatoms. The summed E-state index contributed by atoms with van der Waals surface area (Å²) in [5.74, 6) is 0.163. The van der Waals surface area contributed by atoms with Crippen molar-refractivity contribution in [3.05, 3.63) is 29.3 Å². The molecule has 0 aromatic heterocycles. The van der Waals surface area contributed by atoms with Gasteiger partial charge in [-0.05, 0) is 43.0 Å². The molecule has 1 atom stereocenters. The number of hydrogen-bond donors (Lipinski definition) is 1. The highest BCUT2D eigenvalue weighted by atomic mass is 79.9. The molecule has 0 aliphatic carbocycles. The number of halogens is 1. The van der Waals surface area contributed by atoms with Crippen LogP contribution in [0.2, 0.25) is 0 Å². The Morgan fingerprint density at radius 2 is 2.22 bits per heavy atom. The zero-order valence-corrected chi connectivity index (χ0v) is 11.9. The second-order valence-electron chi connectivity index (χ2n) is 4.51. The first-order chi connectivity index (χ1) is 8.61. The molecule has 3 nitrogen and oxygen atoms in total. The van der Waals surface area contributed by atoms with Crippen LogP contribution in [0.4, 0.5) is 5.69 Å². The maximum absolute atomic E-state index is 12.1. The number of amides is 1. The average Bonchev–Trinajstić information content (AvgIpc) is 2.56. The van der Waals surface area contributed by atoms with Crippen LogP contribution >= 0.6 is 15.9 Å². The summed E-state index contributed by atoms with van der Waals surface area (Å²) in [6.45, 7) is 1.97. The van der Waals surface area contributed by atoms with Gasteiger partial charge in [0.2, 0.25) is 5.91 Å². The Morgan fingerprint density at radius 3 is 2.94 bits per heavy atom. The highest BCUT2D eigenvalue weighted by Crippen LogP contribution is 2.24. The van der Waals surface area contributed by atoms with E-state index in [0.29, 0.717) is 12.0 Å². The number of anilines is 1. The summed E-state index contributed by atoms with van der Waals surface area (Å²) in [5, 5.41) is 2.87. The lowest BCUT2D eigenvalue weighted by Crippen LogP contribution is -2.14. The monoisotopic (exact) mass is 309 g/mol. The van der Waals surface area contributed by atoms with E-state index in [9.17, 15) is 9.59 Å². The third kappa shape index (κ3) is 2.80. The van der Waals surface area contributed by atoms with E-state index in [-0.39, 0.29) is 16.5 Å². The molecule has 0 spiro atoms. The first kappa shape index (κ1) is 13.3. The van der Waals surface area contributed by atoms with E-state index in [4.69, 9.17) is 0 Å². The van der Waals surface area contributed by atoms with Gasteiger partial charge in [0.15, 0.2) is 5.78 Å². The molecule has 1 aliphatic heterocycles. The van der Waals surface area contributed by atoms with E-state index in [1.165, 1.54) is 0 Å². The third-order valence-corrected chi connectivity index (χ3v) is 4.22. The summed E-state index contributed by atoms with van der Waals surface area (Å²) in [7, 11) is 0. The number of ketones is 1. The number of Topliss-reactive ketones (excluding diaryl/α,β-unsaturated/α-hetero) is 1. The molecule has 0 saturated carbocycles. The minimum atomic E-state index is -0.129. The van der Waals surface area contributed by atoms with Crippen molar-refractivity contribution in [2.24, 2.45) is 0 Å². The lowest BCUT2D eigenvalue weighted by atomic mass is 10.0. The van der Waals surface area contributed by atoms with Gasteiger partial charge in [0.05, 0.1) is 4.83 Å². The standard InChI is InChI=1S/C14H16BrNO2/c1-2-11(15)14(18)10-6-7-12-9(8-10)4-3-5-13(17)16-12/h6-8,11H,2-5H2,1H3,(H,16,17). The summed E-state index contributed by atoms with van der Waals surface area (Å²) in [6, 6.07) is 5.53. The molecule has 1 unspecified atom stereocenters. The molecule has 96 valence electrons. The van der Waals surface area contributed by atoms with Crippen molar-refractivity contribution < 1.29 is 9.59 Å². The lowest BCUT2D eigenvalue weighted by Gasteiger charge is -2.10. The largest absolute Gasteiger partial charge is 0.326 e. The van der Waals surface area contributed by atoms with Crippen molar-refractivity contribution in [1.82, 2.24) is 0 Å². The average molecular weight is 310 g/mol. The Kier molecular flexibility index (Phi) is 4.17. The van der Waals surface area contributed by atoms with Gasteiger partial charge in [-0.15, -0.1) is 0 Å². The number of hydrogen-bond acceptors (Lipinski definition) is 2. The minimum absolute atomic E-state index is 0.0553. The molecule has 1 amide bonds. The predicted molar refractivity (Wildman–Crippen MR) is 75.3 cm³/mol. The van der Waals surface area contributed by atoms with E-state index in [2.05, 4.69) is 21.2 Å². The Labute approximate surface area is 115 Å². The quantitative estimate of drug-likeness (QED) is 0.687. The van der Waals surface area contributed by atoms with Crippen molar-refractivity contribution in [3.8, 4) is 0 Å². The summed E-state index contributed by atoms with van der Waals surface area (Å²) in [4.78, 5) is 23.4. The van der Waals surface area contributed by atoms with Crippen LogP contribution < -0.4 is 5.32 Å². The van der Waals surface area contributed by atoms with Crippen molar-refractivity contribution in [2.75, 3.05) is 5.32 Å². The lowest BCUT2D eigenvalue weighted by molar-refractivity contribution is -0.116. The molecule has 18 heavy (non-hydrogen) atoms. The van der Waals surface area contributed by atoms with Crippen LogP contribution in [0, 0.1) is 0 Å². The normalized spacial score (nSPS) is 16.4. The molecule has 0 bridgehead atoms. The van der Waals surface area contributed by atoms with Crippen molar-refractivity contribution in [3.63, 3.8) is 0 Å². The Hall–Kier alpha value is -1.16. The maximum Gasteiger partial charge on any atom is 0.224 e. The molecule has 1 N–H and O–H groups in total. The van der Waals surface area contributed by atoms with Gasteiger partial charge in [-0.3, -0.25) is 9.59 Å². The highest BCUT2D eigenvalue weighted by molar-refractivity contribution is 9.10. The fourth-order valence-electron chi connectivity index (χ4n) is 2.09. The fraction of sp³-hybridized carbons (Fsp3) is 0.429. The van der Waals surface area contributed by atoms with Crippen LogP contribution in [-0.2, 0) is 11.2 Å². The predicted octanol–water partition coefficient (Wildman–Crippen LogP) is 3.32. The van der Waals surface area contributed by atoms with Crippen LogP contribution in [-0.4, -0.2) is 16.5 Å². The number of benzene rings is 1. The van der Waals surface area contributed by atoms with Gasteiger partial charge in [0.1, 0.15) is 0 Å². The number of alkyl halides is 1. The number of rotatable bonds is 3. The van der Waals surface area contributed by atoms with Crippen LogP contribution in [0.5, 0.6) is 0 Å². The van der Waals surface area contributed by atoms with Gasteiger partial charge in [0.25, 0.3) is 0 Å².